The number of aromatic amines is 1. The molecule has 130 valence electrons. The highest BCUT2D eigenvalue weighted by molar-refractivity contribution is 6.04. The van der Waals surface area contributed by atoms with Gasteiger partial charge < -0.3 is 9.72 Å². The summed E-state index contributed by atoms with van der Waals surface area (Å²) in [5.74, 6) is -1.67. The Kier molecular flexibility index (Phi) is 5.11. The highest BCUT2D eigenvalue weighted by Crippen LogP contribution is 2.20. The predicted octanol–water partition coefficient (Wildman–Crippen LogP) is 2.78. The van der Waals surface area contributed by atoms with Gasteiger partial charge in [-0.2, -0.15) is 0 Å². The smallest absolute Gasteiger partial charge is 0.345 e. The maximum absolute atomic E-state index is 12.3. The van der Waals surface area contributed by atoms with E-state index in [1.54, 1.807) is 13.8 Å². The molecule has 0 fully saturated rings. The molecule has 1 heterocycles. The molecule has 0 saturated carbocycles. The Morgan fingerprint density at radius 1 is 1.20 bits per heavy atom. The van der Waals surface area contributed by atoms with Crippen LogP contribution in [-0.4, -0.2) is 34.0 Å². The summed E-state index contributed by atoms with van der Waals surface area (Å²) in [6.45, 7) is 4.09. The van der Waals surface area contributed by atoms with Gasteiger partial charge in [-0.15, -0.1) is 0 Å². The average molecular weight is 344 g/mol. The highest BCUT2D eigenvalue weighted by atomic mass is 16.6. The van der Waals surface area contributed by atoms with Gasteiger partial charge in [-0.25, -0.2) is 4.79 Å². The lowest BCUT2D eigenvalue weighted by Gasteiger charge is -2.05. The zero-order valence-electron chi connectivity index (χ0n) is 13.9. The van der Waals surface area contributed by atoms with Gasteiger partial charge in [-0.05, 0) is 32.4 Å². The van der Waals surface area contributed by atoms with E-state index in [1.165, 1.54) is 31.2 Å². The van der Waals surface area contributed by atoms with Crippen LogP contribution in [0, 0.1) is 24.0 Å². The number of Topliss-reactive ketones (excluding diaryl/α,β-unsaturated/α-hetero) is 2. The molecule has 1 aromatic carbocycles. The molecule has 8 heteroatoms. The summed E-state index contributed by atoms with van der Waals surface area (Å²) in [6.07, 6.45) is 0. The normalized spacial score (nSPS) is 10.4. The predicted molar refractivity (Wildman–Crippen MR) is 88.0 cm³/mol. The molecule has 0 aliphatic carbocycles. The number of hydrogen-bond acceptors (Lipinski definition) is 6. The number of esters is 1. The molecule has 0 radical (unpaired) electrons. The van der Waals surface area contributed by atoms with Crippen LogP contribution >= 0.6 is 0 Å². The average Bonchev–Trinajstić information content (AvgIpc) is 2.86. The minimum atomic E-state index is -0.964. The van der Waals surface area contributed by atoms with Crippen molar-refractivity contribution in [1.29, 1.82) is 0 Å². The Morgan fingerprint density at radius 2 is 1.84 bits per heavy atom. The molecule has 0 unspecified atom stereocenters. The largest absolute Gasteiger partial charge is 0.453 e. The van der Waals surface area contributed by atoms with Crippen LogP contribution < -0.4 is 0 Å². The molecule has 0 saturated heterocycles. The second kappa shape index (κ2) is 7.08. The lowest BCUT2D eigenvalue weighted by atomic mass is 10.1. The summed E-state index contributed by atoms with van der Waals surface area (Å²) < 4.78 is 4.90. The Morgan fingerprint density at radius 3 is 2.40 bits per heavy atom. The van der Waals surface area contributed by atoms with Gasteiger partial charge in [-0.1, -0.05) is 12.1 Å². The first-order chi connectivity index (χ1) is 11.7. The molecular weight excluding hydrogens is 328 g/mol. The van der Waals surface area contributed by atoms with Crippen molar-refractivity contribution < 1.29 is 24.0 Å². The van der Waals surface area contributed by atoms with Crippen molar-refractivity contribution in [2.24, 2.45) is 0 Å². The molecule has 2 rings (SSSR count). The van der Waals surface area contributed by atoms with Crippen molar-refractivity contribution in [3.63, 3.8) is 0 Å². The number of ketones is 2. The van der Waals surface area contributed by atoms with E-state index < -0.39 is 29.0 Å². The maximum Gasteiger partial charge on any atom is 0.345 e. The van der Waals surface area contributed by atoms with E-state index in [0.29, 0.717) is 16.8 Å². The number of carbonyl (C=O) groups excluding carboxylic acids is 3. The van der Waals surface area contributed by atoms with Gasteiger partial charge in [0.2, 0.25) is 5.78 Å². The Bertz CT molecular complexity index is 881. The topological polar surface area (TPSA) is 119 Å². The maximum atomic E-state index is 12.3. The van der Waals surface area contributed by atoms with Crippen molar-refractivity contribution in [3.05, 3.63) is 62.5 Å². The van der Waals surface area contributed by atoms with Crippen molar-refractivity contribution in [2.75, 3.05) is 6.61 Å². The van der Waals surface area contributed by atoms with Crippen LogP contribution in [0.4, 0.5) is 5.69 Å². The van der Waals surface area contributed by atoms with E-state index in [-0.39, 0.29) is 17.0 Å². The van der Waals surface area contributed by atoms with E-state index >= 15 is 0 Å². The number of nitrogens with one attached hydrogen (secondary N) is 1. The summed E-state index contributed by atoms with van der Waals surface area (Å²) in [5.41, 5.74) is 1.01. The van der Waals surface area contributed by atoms with Crippen LogP contribution in [0.25, 0.3) is 0 Å². The van der Waals surface area contributed by atoms with Gasteiger partial charge >= 0.3 is 5.97 Å². The lowest BCUT2D eigenvalue weighted by molar-refractivity contribution is -0.385. The van der Waals surface area contributed by atoms with Crippen LogP contribution in [0.15, 0.2) is 24.3 Å². The molecule has 0 atom stereocenters. The molecule has 0 amide bonds. The first-order valence-corrected chi connectivity index (χ1v) is 7.37. The molecule has 0 spiro atoms. The van der Waals surface area contributed by atoms with Crippen molar-refractivity contribution in [2.45, 2.75) is 20.8 Å². The zero-order valence-corrected chi connectivity index (χ0v) is 13.9. The molecule has 25 heavy (non-hydrogen) atoms. The number of nitrogens with zero attached hydrogens (tertiary/aromatic N) is 1. The second-order valence-electron chi connectivity index (χ2n) is 5.45. The Balaban J connectivity index is 2.16. The number of para-hydroxylation sites is 1. The summed E-state index contributed by atoms with van der Waals surface area (Å²) in [7, 11) is 0. The standard InChI is InChI=1S/C17H16N2O6/c1-9-15(11(3)20)10(2)18-16(9)14(21)8-25-17(22)12-6-4-5-7-13(12)19(23)24/h4-7,18H,8H2,1-3H3. The Labute approximate surface area is 143 Å². The minimum absolute atomic E-state index is 0.179. The van der Waals surface area contributed by atoms with Gasteiger partial charge in [0.1, 0.15) is 5.56 Å². The van der Waals surface area contributed by atoms with Gasteiger partial charge in [-0.3, -0.25) is 19.7 Å². The number of aryl methyl sites for hydroxylation is 1. The summed E-state index contributed by atoms with van der Waals surface area (Å²) in [6, 6.07) is 5.32. The first kappa shape index (κ1) is 18.1. The molecule has 0 aliphatic rings. The zero-order chi connectivity index (χ0) is 18.7. The molecule has 1 aromatic heterocycles. The van der Waals surface area contributed by atoms with Crippen molar-refractivity contribution in [3.8, 4) is 0 Å². The fraction of sp³-hybridized carbons (Fsp3) is 0.235. The van der Waals surface area contributed by atoms with E-state index in [2.05, 4.69) is 4.98 Å². The number of carbonyl (C=O) groups is 3. The minimum Gasteiger partial charge on any atom is -0.453 e. The third-order valence-corrected chi connectivity index (χ3v) is 3.72. The highest BCUT2D eigenvalue weighted by Gasteiger charge is 2.24. The summed E-state index contributed by atoms with van der Waals surface area (Å²) >= 11 is 0. The van der Waals surface area contributed by atoms with E-state index in [1.807, 2.05) is 0 Å². The van der Waals surface area contributed by atoms with Crippen LogP contribution in [0.3, 0.4) is 0 Å². The van der Waals surface area contributed by atoms with Gasteiger partial charge in [0.15, 0.2) is 12.4 Å². The lowest BCUT2D eigenvalue weighted by Crippen LogP contribution is -2.16. The molecular formula is C17H16N2O6. The monoisotopic (exact) mass is 344 g/mol. The number of nitro benzene ring substituents is 1. The molecule has 0 bridgehead atoms. The van der Waals surface area contributed by atoms with E-state index in [4.69, 9.17) is 4.74 Å². The van der Waals surface area contributed by atoms with Crippen molar-refractivity contribution >= 4 is 23.2 Å². The molecule has 8 nitrogen and oxygen atoms in total. The quantitative estimate of drug-likeness (QED) is 0.372. The van der Waals surface area contributed by atoms with Crippen molar-refractivity contribution in [1.82, 2.24) is 4.98 Å². The number of rotatable bonds is 6. The third kappa shape index (κ3) is 3.63. The van der Waals surface area contributed by atoms with Crippen LogP contribution in [0.5, 0.6) is 0 Å². The van der Waals surface area contributed by atoms with E-state index in [0.717, 1.165) is 0 Å². The van der Waals surface area contributed by atoms with Gasteiger partial charge in [0, 0.05) is 17.3 Å². The van der Waals surface area contributed by atoms with E-state index in [9.17, 15) is 24.5 Å². The molecule has 1 N–H and O–H groups in total. The first-order valence-electron chi connectivity index (χ1n) is 7.37. The summed E-state index contributed by atoms with van der Waals surface area (Å²) in [4.78, 5) is 48.9. The number of H-pyrrole nitrogens is 1. The van der Waals surface area contributed by atoms with Gasteiger partial charge in [0.05, 0.1) is 10.6 Å². The fourth-order valence-corrected chi connectivity index (χ4v) is 2.64. The Hall–Kier alpha value is -3.29. The SMILES string of the molecule is CC(=O)c1c(C)[nH]c(C(=O)COC(=O)c2ccccc2[N+](=O)[O-])c1C. The number of hydrogen-bond donors (Lipinski definition) is 1. The van der Waals surface area contributed by atoms with Crippen LogP contribution in [0.1, 0.15) is 49.4 Å². The number of ether oxygens (including phenoxy) is 1. The number of nitro groups is 1. The molecule has 2 aromatic rings. The van der Waals surface area contributed by atoms with Crippen LogP contribution in [-0.2, 0) is 4.74 Å². The molecule has 0 aliphatic heterocycles. The number of benzene rings is 1. The van der Waals surface area contributed by atoms with Gasteiger partial charge in [0.25, 0.3) is 5.69 Å². The third-order valence-electron chi connectivity index (χ3n) is 3.72. The second-order valence-corrected chi connectivity index (χ2v) is 5.45. The van der Waals surface area contributed by atoms with Crippen LogP contribution in [0.2, 0.25) is 0 Å². The number of aromatic nitrogens is 1. The summed E-state index contributed by atoms with van der Waals surface area (Å²) in [5, 5.41) is 10.9. The fourth-order valence-electron chi connectivity index (χ4n) is 2.64.